The van der Waals surface area contributed by atoms with Gasteiger partial charge in [0, 0.05) is 12.6 Å². The lowest BCUT2D eigenvalue weighted by atomic mass is 9.95. The molecule has 1 rings (SSSR count). The van der Waals surface area contributed by atoms with E-state index in [1.54, 1.807) is 0 Å². The molecule has 4 heteroatoms. The van der Waals surface area contributed by atoms with Crippen molar-refractivity contribution in [3.05, 3.63) is 35.4 Å². The summed E-state index contributed by atoms with van der Waals surface area (Å²) in [6, 6.07) is 8.19. The molecule has 1 aromatic carbocycles. The zero-order valence-electron chi connectivity index (χ0n) is 12.3. The van der Waals surface area contributed by atoms with Crippen molar-refractivity contribution >= 4 is 5.91 Å². The van der Waals surface area contributed by atoms with Gasteiger partial charge >= 0.3 is 0 Å². The highest BCUT2D eigenvalue weighted by molar-refractivity contribution is 5.78. The summed E-state index contributed by atoms with van der Waals surface area (Å²) in [4.78, 5) is 13.7. The lowest BCUT2D eigenvalue weighted by Gasteiger charge is -2.32. The van der Waals surface area contributed by atoms with Gasteiger partial charge in [0.2, 0.25) is 5.91 Å². The van der Waals surface area contributed by atoms with E-state index >= 15 is 0 Å². The summed E-state index contributed by atoms with van der Waals surface area (Å²) in [5.74, 6) is 0.0317. The van der Waals surface area contributed by atoms with Crippen LogP contribution in [-0.4, -0.2) is 37.0 Å². The first-order chi connectivity index (χ1) is 8.97. The van der Waals surface area contributed by atoms with Gasteiger partial charge in [-0.1, -0.05) is 24.3 Å². The Morgan fingerprint density at radius 1 is 1.42 bits per heavy atom. The number of rotatable bonds is 6. The van der Waals surface area contributed by atoms with E-state index in [1.807, 2.05) is 37.9 Å². The quantitative estimate of drug-likeness (QED) is 0.817. The Labute approximate surface area is 116 Å². The Kier molecular flexibility index (Phi) is 5.99. The van der Waals surface area contributed by atoms with Gasteiger partial charge in [-0.25, -0.2) is 0 Å². The number of amides is 1. The molecule has 0 radical (unpaired) electrons. The molecule has 0 heterocycles. The number of nitrogens with one attached hydrogen (secondary N) is 1. The van der Waals surface area contributed by atoms with Gasteiger partial charge in [0.25, 0.3) is 0 Å². The Morgan fingerprint density at radius 2 is 2.05 bits per heavy atom. The Bertz CT molecular complexity index is 418. The highest BCUT2D eigenvalue weighted by Crippen LogP contribution is 2.24. The largest absolute Gasteiger partial charge is 0.355 e. The van der Waals surface area contributed by atoms with Crippen LogP contribution in [0, 0.1) is 6.92 Å². The number of carbonyl (C=O) groups is 1. The first-order valence-electron chi connectivity index (χ1n) is 6.75. The standard InChI is InChI=1S/C15H25N3O/c1-5-17-14(19)10-18(4)15(12(3)16)13-9-7-6-8-11(13)2/h6-9,12,15H,5,10,16H2,1-4H3,(H,17,19). The SMILES string of the molecule is CCNC(=O)CN(C)C(c1ccccc1C)C(C)N. The predicted molar refractivity (Wildman–Crippen MR) is 78.9 cm³/mol. The number of benzene rings is 1. The molecule has 0 saturated heterocycles. The smallest absolute Gasteiger partial charge is 0.234 e. The highest BCUT2D eigenvalue weighted by Gasteiger charge is 2.23. The molecule has 106 valence electrons. The number of nitrogens with zero attached hydrogens (tertiary/aromatic N) is 1. The molecule has 4 nitrogen and oxygen atoms in total. The van der Waals surface area contributed by atoms with Crippen LogP contribution in [0.1, 0.15) is 31.0 Å². The van der Waals surface area contributed by atoms with E-state index in [2.05, 4.69) is 24.4 Å². The van der Waals surface area contributed by atoms with Crippen LogP contribution >= 0.6 is 0 Å². The third-order valence-corrected chi connectivity index (χ3v) is 3.25. The maximum Gasteiger partial charge on any atom is 0.234 e. The Morgan fingerprint density at radius 3 is 2.58 bits per heavy atom. The maximum absolute atomic E-state index is 11.7. The van der Waals surface area contributed by atoms with Crippen LogP contribution in [0.3, 0.4) is 0 Å². The summed E-state index contributed by atoms with van der Waals surface area (Å²) < 4.78 is 0. The lowest BCUT2D eigenvalue weighted by Crippen LogP contribution is -2.43. The number of hydrogen-bond acceptors (Lipinski definition) is 3. The van der Waals surface area contributed by atoms with E-state index in [9.17, 15) is 4.79 Å². The van der Waals surface area contributed by atoms with Crippen LogP contribution in [0.2, 0.25) is 0 Å². The third-order valence-electron chi connectivity index (χ3n) is 3.25. The van der Waals surface area contributed by atoms with Crippen LogP contribution in [0.4, 0.5) is 0 Å². The number of likely N-dealkylation sites (N-methyl/N-ethyl adjacent to an activating group) is 2. The molecule has 0 aliphatic carbocycles. The van der Waals surface area contributed by atoms with Crippen molar-refractivity contribution < 1.29 is 4.79 Å². The molecule has 1 aromatic rings. The average Bonchev–Trinajstić information content (AvgIpc) is 2.31. The van der Waals surface area contributed by atoms with Gasteiger partial charge < -0.3 is 11.1 Å². The molecule has 19 heavy (non-hydrogen) atoms. The second kappa shape index (κ2) is 7.26. The highest BCUT2D eigenvalue weighted by atomic mass is 16.2. The third kappa shape index (κ3) is 4.33. The molecular formula is C15H25N3O. The van der Waals surface area contributed by atoms with Gasteiger partial charge in [-0.15, -0.1) is 0 Å². The molecule has 2 atom stereocenters. The van der Waals surface area contributed by atoms with Crippen molar-refractivity contribution in [1.82, 2.24) is 10.2 Å². The molecule has 0 fully saturated rings. The van der Waals surface area contributed by atoms with E-state index in [-0.39, 0.29) is 18.0 Å². The minimum Gasteiger partial charge on any atom is -0.355 e. The summed E-state index contributed by atoms with van der Waals surface area (Å²) in [5, 5.41) is 2.81. The zero-order chi connectivity index (χ0) is 14.4. The Balaban J connectivity index is 2.89. The molecule has 3 N–H and O–H groups in total. The molecule has 0 aliphatic heterocycles. The normalized spacial score (nSPS) is 14.2. The minimum absolute atomic E-state index is 0.0317. The van der Waals surface area contributed by atoms with Crippen molar-refractivity contribution in [2.24, 2.45) is 5.73 Å². The van der Waals surface area contributed by atoms with Crippen molar-refractivity contribution in [3.63, 3.8) is 0 Å². The number of aryl methyl sites for hydroxylation is 1. The Hall–Kier alpha value is -1.39. The molecule has 1 amide bonds. The summed E-state index contributed by atoms with van der Waals surface area (Å²) in [7, 11) is 1.94. The van der Waals surface area contributed by atoms with E-state index in [1.165, 1.54) is 11.1 Å². The summed E-state index contributed by atoms with van der Waals surface area (Å²) in [6.07, 6.45) is 0. The molecular weight excluding hydrogens is 238 g/mol. The van der Waals surface area contributed by atoms with Crippen molar-refractivity contribution in [2.75, 3.05) is 20.1 Å². The van der Waals surface area contributed by atoms with Gasteiger partial charge in [-0.05, 0) is 38.9 Å². The number of hydrogen-bond donors (Lipinski definition) is 2. The average molecular weight is 263 g/mol. The fourth-order valence-electron chi connectivity index (χ4n) is 2.42. The zero-order valence-corrected chi connectivity index (χ0v) is 12.3. The fourth-order valence-corrected chi connectivity index (χ4v) is 2.42. The van der Waals surface area contributed by atoms with E-state index in [0.29, 0.717) is 13.1 Å². The lowest BCUT2D eigenvalue weighted by molar-refractivity contribution is -0.122. The van der Waals surface area contributed by atoms with Crippen LogP contribution in [0.25, 0.3) is 0 Å². The van der Waals surface area contributed by atoms with Crippen LogP contribution in [-0.2, 0) is 4.79 Å². The first kappa shape index (κ1) is 15.7. The van der Waals surface area contributed by atoms with Gasteiger partial charge in [-0.2, -0.15) is 0 Å². The van der Waals surface area contributed by atoms with Gasteiger partial charge in [-0.3, -0.25) is 9.69 Å². The van der Waals surface area contributed by atoms with Gasteiger partial charge in [0.05, 0.1) is 12.6 Å². The second-order valence-electron chi connectivity index (χ2n) is 5.03. The number of carbonyl (C=O) groups excluding carboxylic acids is 1. The predicted octanol–water partition coefficient (Wildman–Crippen LogP) is 1.45. The first-order valence-corrected chi connectivity index (χ1v) is 6.75. The monoisotopic (exact) mass is 263 g/mol. The van der Waals surface area contributed by atoms with Gasteiger partial charge in [0.1, 0.15) is 0 Å². The van der Waals surface area contributed by atoms with Crippen molar-refractivity contribution in [2.45, 2.75) is 32.9 Å². The van der Waals surface area contributed by atoms with Crippen molar-refractivity contribution in [3.8, 4) is 0 Å². The summed E-state index contributed by atoms with van der Waals surface area (Å²) >= 11 is 0. The molecule has 0 saturated carbocycles. The summed E-state index contributed by atoms with van der Waals surface area (Å²) in [6.45, 7) is 6.98. The van der Waals surface area contributed by atoms with Crippen LogP contribution in [0.15, 0.2) is 24.3 Å². The molecule has 0 spiro atoms. The molecule has 0 aliphatic rings. The fraction of sp³-hybridized carbons (Fsp3) is 0.533. The molecule has 0 aromatic heterocycles. The van der Waals surface area contributed by atoms with E-state index < -0.39 is 0 Å². The molecule has 2 unspecified atom stereocenters. The van der Waals surface area contributed by atoms with E-state index in [0.717, 1.165) is 0 Å². The van der Waals surface area contributed by atoms with Crippen LogP contribution < -0.4 is 11.1 Å². The topological polar surface area (TPSA) is 58.4 Å². The second-order valence-corrected chi connectivity index (χ2v) is 5.03. The van der Waals surface area contributed by atoms with Crippen molar-refractivity contribution in [1.29, 1.82) is 0 Å². The molecule has 0 bridgehead atoms. The van der Waals surface area contributed by atoms with E-state index in [4.69, 9.17) is 5.73 Å². The maximum atomic E-state index is 11.7. The minimum atomic E-state index is -0.0412. The van der Waals surface area contributed by atoms with Crippen LogP contribution in [0.5, 0.6) is 0 Å². The summed E-state index contributed by atoms with van der Waals surface area (Å²) in [5.41, 5.74) is 8.50. The van der Waals surface area contributed by atoms with Gasteiger partial charge in [0.15, 0.2) is 0 Å². The number of nitrogens with two attached hydrogens (primary N) is 1.